The number of rotatable bonds is 8. The SMILES string of the molecule is COCCOCC(=O)NC(C)c1ccccc1OC. The number of hydrogen-bond donors (Lipinski definition) is 1. The van der Waals surface area contributed by atoms with Gasteiger partial charge in [0.05, 0.1) is 26.4 Å². The molecule has 0 heterocycles. The van der Waals surface area contributed by atoms with Gasteiger partial charge >= 0.3 is 0 Å². The molecule has 0 radical (unpaired) electrons. The fourth-order valence-electron chi connectivity index (χ4n) is 1.69. The van der Waals surface area contributed by atoms with E-state index in [0.717, 1.165) is 11.3 Å². The average Bonchev–Trinajstić information content (AvgIpc) is 2.43. The van der Waals surface area contributed by atoms with E-state index in [0.29, 0.717) is 13.2 Å². The number of carbonyl (C=O) groups is 1. The maximum atomic E-state index is 11.7. The molecular weight excluding hydrogens is 246 g/mol. The summed E-state index contributed by atoms with van der Waals surface area (Å²) in [5.74, 6) is 0.602. The van der Waals surface area contributed by atoms with Gasteiger partial charge in [-0.1, -0.05) is 18.2 Å². The number of methoxy groups -OCH3 is 2. The largest absolute Gasteiger partial charge is 0.496 e. The van der Waals surface area contributed by atoms with Gasteiger partial charge in [-0.2, -0.15) is 0 Å². The minimum Gasteiger partial charge on any atom is -0.496 e. The summed E-state index contributed by atoms with van der Waals surface area (Å²) < 4.78 is 15.3. The van der Waals surface area contributed by atoms with Crippen LogP contribution in [-0.2, 0) is 14.3 Å². The van der Waals surface area contributed by atoms with Crippen LogP contribution in [0.4, 0.5) is 0 Å². The van der Waals surface area contributed by atoms with E-state index in [-0.39, 0.29) is 18.6 Å². The monoisotopic (exact) mass is 267 g/mol. The first-order chi connectivity index (χ1) is 9.19. The number of benzene rings is 1. The topological polar surface area (TPSA) is 56.8 Å². The van der Waals surface area contributed by atoms with Crippen molar-refractivity contribution in [1.82, 2.24) is 5.32 Å². The molecule has 1 aromatic rings. The molecule has 0 aromatic heterocycles. The fraction of sp³-hybridized carbons (Fsp3) is 0.500. The first-order valence-corrected chi connectivity index (χ1v) is 6.18. The van der Waals surface area contributed by atoms with E-state index < -0.39 is 0 Å². The summed E-state index contributed by atoms with van der Waals surface area (Å²) in [5, 5.41) is 2.86. The van der Waals surface area contributed by atoms with E-state index in [1.807, 2.05) is 31.2 Å². The normalized spacial score (nSPS) is 11.9. The van der Waals surface area contributed by atoms with E-state index in [9.17, 15) is 4.79 Å². The Bertz CT molecular complexity index is 395. The highest BCUT2D eigenvalue weighted by Gasteiger charge is 2.13. The van der Waals surface area contributed by atoms with Crippen LogP contribution in [0, 0.1) is 0 Å². The van der Waals surface area contributed by atoms with Crippen molar-refractivity contribution >= 4 is 5.91 Å². The summed E-state index contributed by atoms with van der Waals surface area (Å²) in [7, 11) is 3.20. The number of ether oxygens (including phenoxy) is 3. The van der Waals surface area contributed by atoms with Crippen LogP contribution in [0.5, 0.6) is 5.75 Å². The summed E-state index contributed by atoms with van der Waals surface area (Å²) in [4.78, 5) is 11.7. The van der Waals surface area contributed by atoms with Crippen LogP contribution in [0.1, 0.15) is 18.5 Å². The second-order valence-electron chi connectivity index (χ2n) is 4.08. The number of nitrogens with one attached hydrogen (secondary N) is 1. The van der Waals surface area contributed by atoms with Crippen molar-refractivity contribution in [3.05, 3.63) is 29.8 Å². The molecule has 1 atom stereocenters. The molecule has 1 rings (SSSR count). The third-order valence-electron chi connectivity index (χ3n) is 2.65. The molecular formula is C14H21NO4. The standard InChI is InChI=1S/C14H21NO4/c1-11(12-6-4-5-7-13(12)18-3)15-14(16)10-19-9-8-17-2/h4-7,11H,8-10H2,1-3H3,(H,15,16). The molecule has 1 aromatic carbocycles. The lowest BCUT2D eigenvalue weighted by Crippen LogP contribution is -2.30. The molecule has 0 saturated heterocycles. The minimum atomic E-state index is -0.158. The van der Waals surface area contributed by atoms with Crippen LogP contribution in [-0.4, -0.2) is 39.9 Å². The van der Waals surface area contributed by atoms with Gasteiger partial charge in [-0.3, -0.25) is 4.79 Å². The van der Waals surface area contributed by atoms with Crippen LogP contribution in [0.15, 0.2) is 24.3 Å². The van der Waals surface area contributed by atoms with Gasteiger partial charge in [-0.25, -0.2) is 0 Å². The Hall–Kier alpha value is -1.59. The van der Waals surface area contributed by atoms with Gasteiger partial charge in [0, 0.05) is 12.7 Å². The van der Waals surface area contributed by atoms with E-state index in [1.165, 1.54) is 0 Å². The molecule has 0 spiro atoms. The number of hydrogen-bond acceptors (Lipinski definition) is 4. The first kappa shape index (κ1) is 15.5. The van der Waals surface area contributed by atoms with Crippen molar-refractivity contribution in [1.29, 1.82) is 0 Å². The van der Waals surface area contributed by atoms with Gasteiger partial charge in [0.15, 0.2) is 0 Å². The molecule has 5 heteroatoms. The van der Waals surface area contributed by atoms with E-state index >= 15 is 0 Å². The van der Waals surface area contributed by atoms with Crippen LogP contribution in [0.25, 0.3) is 0 Å². The molecule has 1 N–H and O–H groups in total. The zero-order chi connectivity index (χ0) is 14.1. The van der Waals surface area contributed by atoms with E-state index in [4.69, 9.17) is 14.2 Å². The first-order valence-electron chi connectivity index (χ1n) is 6.18. The highest BCUT2D eigenvalue weighted by molar-refractivity contribution is 5.77. The molecule has 0 aliphatic carbocycles. The lowest BCUT2D eigenvalue weighted by atomic mass is 10.1. The van der Waals surface area contributed by atoms with E-state index in [2.05, 4.69) is 5.32 Å². The van der Waals surface area contributed by atoms with Gasteiger partial charge in [0.1, 0.15) is 12.4 Å². The molecule has 106 valence electrons. The molecule has 0 fully saturated rings. The van der Waals surface area contributed by atoms with Gasteiger partial charge < -0.3 is 19.5 Å². The molecule has 0 bridgehead atoms. The maximum Gasteiger partial charge on any atom is 0.246 e. The Balaban J connectivity index is 2.45. The Kier molecular flexibility index (Phi) is 6.92. The third-order valence-corrected chi connectivity index (χ3v) is 2.65. The summed E-state index contributed by atoms with van der Waals surface area (Å²) in [6, 6.07) is 7.47. The highest BCUT2D eigenvalue weighted by atomic mass is 16.5. The number of carbonyl (C=O) groups excluding carboxylic acids is 1. The Morgan fingerprint density at radius 2 is 2.00 bits per heavy atom. The molecule has 19 heavy (non-hydrogen) atoms. The second-order valence-corrected chi connectivity index (χ2v) is 4.08. The summed E-state index contributed by atoms with van der Waals surface area (Å²) >= 11 is 0. The third kappa shape index (κ3) is 5.28. The Labute approximate surface area is 113 Å². The molecule has 0 aliphatic rings. The van der Waals surface area contributed by atoms with E-state index in [1.54, 1.807) is 14.2 Å². The van der Waals surface area contributed by atoms with Crippen LogP contribution in [0.2, 0.25) is 0 Å². The zero-order valence-corrected chi connectivity index (χ0v) is 11.6. The lowest BCUT2D eigenvalue weighted by molar-refractivity contribution is -0.126. The summed E-state index contributed by atoms with van der Waals surface area (Å²) in [5.41, 5.74) is 0.940. The Morgan fingerprint density at radius 3 is 2.68 bits per heavy atom. The Morgan fingerprint density at radius 1 is 1.26 bits per heavy atom. The van der Waals surface area contributed by atoms with Crippen LogP contribution >= 0.6 is 0 Å². The van der Waals surface area contributed by atoms with Crippen molar-refractivity contribution in [3.8, 4) is 5.75 Å². The molecule has 5 nitrogen and oxygen atoms in total. The lowest BCUT2D eigenvalue weighted by Gasteiger charge is -2.17. The molecule has 1 unspecified atom stereocenters. The van der Waals surface area contributed by atoms with Gasteiger partial charge in [-0.05, 0) is 13.0 Å². The van der Waals surface area contributed by atoms with Gasteiger partial charge in [0.25, 0.3) is 0 Å². The smallest absolute Gasteiger partial charge is 0.246 e. The summed E-state index contributed by atoms with van der Waals surface area (Å²) in [6.07, 6.45) is 0. The van der Waals surface area contributed by atoms with Gasteiger partial charge in [0.2, 0.25) is 5.91 Å². The number of para-hydroxylation sites is 1. The highest BCUT2D eigenvalue weighted by Crippen LogP contribution is 2.23. The molecule has 1 amide bonds. The predicted molar refractivity (Wildman–Crippen MR) is 72.2 cm³/mol. The minimum absolute atomic E-state index is 0.0306. The second kappa shape index (κ2) is 8.50. The zero-order valence-electron chi connectivity index (χ0n) is 11.6. The quantitative estimate of drug-likeness (QED) is 0.726. The van der Waals surface area contributed by atoms with Crippen molar-refractivity contribution in [2.75, 3.05) is 34.0 Å². The number of amides is 1. The predicted octanol–water partition coefficient (Wildman–Crippen LogP) is 1.54. The molecule has 0 saturated carbocycles. The van der Waals surface area contributed by atoms with Crippen LogP contribution < -0.4 is 10.1 Å². The molecule has 0 aliphatic heterocycles. The van der Waals surface area contributed by atoms with Crippen molar-refractivity contribution in [2.45, 2.75) is 13.0 Å². The van der Waals surface area contributed by atoms with Crippen molar-refractivity contribution < 1.29 is 19.0 Å². The van der Waals surface area contributed by atoms with Crippen molar-refractivity contribution in [2.24, 2.45) is 0 Å². The van der Waals surface area contributed by atoms with Crippen molar-refractivity contribution in [3.63, 3.8) is 0 Å². The fourth-order valence-corrected chi connectivity index (χ4v) is 1.69. The van der Waals surface area contributed by atoms with Gasteiger partial charge in [-0.15, -0.1) is 0 Å². The average molecular weight is 267 g/mol. The summed E-state index contributed by atoms with van der Waals surface area (Å²) in [6.45, 7) is 2.83. The van der Waals surface area contributed by atoms with Crippen LogP contribution in [0.3, 0.4) is 0 Å². The maximum absolute atomic E-state index is 11.7.